The number of nitrogens with zero attached hydrogens (tertiary/aromatic N) is 2. The lowest BCUT2D eigenvalue weighted by atomic mass is 9.94. The molecule has 1 heterocycles. The Balaban J connectivity index is 2.19. The van der Waals surface area contributed by atoms with Gasteiger partial charge in [0.2, 0.25) is 0 Å². The van der Waals surface area contributed by atoms with Gasteiger partial charge in [-0.05, 0) is 49.9 Å². The van der Waals surface area contributed by atoms with E-state index in [0.717, 1.165) is 10.9 Å². The van der Waals surface area contributed by atoms with Crippen LogP contribution in [0.5, 0.6) is 5.75 Å². The second kappa shape index (κ2) is 6.12. The van der Waals surface area contributed by atoms with Crippen LogP contribution in [0.25, 0.3) is 10.8 Å². The lowest BCUT2D eigenvalue weighted by Gasteiger charge is -2.25. The number of phenols is 1. The molecule has 0 aliphatic carbocycles. The summed E-state index contributed by atoms with van der Waals surface area (Å²) in [6, 6.07) is 8.78. The van der Waals surface area contributed by atoms with Crippen LogP contribution in [0.3, 0.4) is 0 Å². The van der Waals surface area contributed by atoms with Gasteiger partial charge in [-0.15, -0.1) is 11.6 Å². The minimum atomic E-state index is -0.622. The summed E-state index contributed by atoms with van der Waals surface area (Å²) in [4.78, 5) is 14.1. The van der Waals surface area contributed by atoms with Crippen LogP contribution in [-0.4, -0.2) is 29.2 Å². The first-order chi connectivity index (χ1) is 11.7. The van der Waals surface area contributed by atoms with E-state index < -0.39 is 11.7 Å². The number of halogens is 1. The standard InChI is InChI=1S/C19H19ClN2O3/c1-19(2,3)25-18(24)22-10-12(8-20)17-14-6-11(9-21)4-5-13(14)16(23)7-15(17)22/h4-7,12,23H,8,10H2,1-3H3/t12-/m0/s1. The zero-order valence-corrected chi connectivity index (χ0v) is 15.1. The number of carbonyl (C=O) groups is 1. The second-order valence-electron chi connectivity index (χ2n) is 7.14. The fourth-order valence-electron chi connectivity index (χ4n) is 3.16. The van der Waals surface area contributed by atoms with Gasteiger partial charge in [-0.25, -0.2) is 4.79 Å². The molecular weight excluding hydrogens is 340 g/mol. The Morgan fingerprint density at radius 2 is 2.12 bits per heavy atom. The average molecular weight is 359 g/mol. The van der Waals surface area contributed by atoms with Crippen molar-refractivity contribution < 1.29 is 14.6 Å². The van der Waals surface area contributed by atoms with Gasteiger partial charge in [0.1, 0.15) is 11.4 Å². The number of anilines is 1. The zero-order chi connectivity index (χ0) is 18.4. The van der Waals surface area contributed by atoms with Crippen LogP contribution in [0.15, 0.2) is 24.3 Å². The SMILES string of the molecule is CC(C)(C)OC(=O)N1C[C@H](CCl)c2c1cc(O)c1ccc(C#N)cc21. The third-order valence-electron chi connectivity index (χ3n) is 4.17. The van der Waals surface area contributed by atoms with Crippen molar-refractivity contribution in [1.29, 1.82) is 5.26 Å². The van der Waals surface area contributed by atoms with Crippen LogP contribution in [-0.2, 0) is 4.74 Å². The Morgan fingerprint density at radius 1 is 1.40 bits per heavy atom. The smallest absolute Gasteiger partial charge is 0.414 e. The number of fused-ring (bicyclic) bond motifs is 3. The molecule has 0 spiro atoms. The molecule has 0 bridgehead atoms. The van der Waals surface area contributed by atoms with Crippen LogP contribution < -0.4 is 4.90 Å². The predicted octanol–water partition coefficient (Wildman–Crippen LogP) is 4.49. The van der Waals surface area contributed by atoms with E-state index in [-0.39, 0.29) is 11.7 Å². The molecule has 1 atom stereocenters. The highest BCUT2D eigenvalue weighted by atomic mass is 35.5. The van der Waals surface area contributed by atoms with Crippen molar-refractivity contribution >= 4 is 34.2 Å². The topological polar surface area (TPSA) is 73.6 Å². The van der Waals surface area contributed by atoms with Gasteiger partial charge < -0.3 is 9.84 Å². The summed E-state index contributed by atoms with van der Waals surface area (Å²) in [5.74, 6) is 0.284. The van der Waals surface area contributed by atoms with Gasteiger partial charge >= 0.3 is 6.09 Å². The van der Waals surface area contributed by atoms with Crippen LogP contribution in [0.4, 0.5) is 10.5 Å². The summed E-state index contributed by atoms with van der Waals surface area (Å²) in [6.07, 6.45) is -0.475. The lowest BCUT2D eigenvalue weighted by molar-refractivity contribution is 0.0582. The first kappa shape index (κ1) is 17.4. The number of benzene rings is 2. The average Bonchev–Trinajstić information content (AvgIpc) is 2.91. The molecule has 1 aliphatic heterocycles. The Labute approximate surface area is 151 Å². The molecule has 0 saturated carbocycles. The molecule has 25 heavy (non-hydrogen) atoms. The number of hydrogen-bond acceptors (Lipinski definition) is 4. The molecular formula is C19H19ClN2O3. The molecule has 1 N–H and O–H groups in total. The number of carbonyl (C=O) groups excluding carboxylic acids is 1. The second-order valence-corrected chi connectivity index (χ2v) is 7.45. The number of rotatable bonds is 1. The maximum Gasteiger partial charge on any atom is 0.414 e. The van der Waals surface area contributed by atoms with Crippen LogP contribution >= 0.6 is 11.6 Å². The van der Waals surface area contributed by atoms with E-state index in [2.05, 4.69) is 6.07 Å². The molecule has 2 aromatic carbocycles. The summed E-state index contributed by atoms with van der Waals surface area (Å²) in [7, 11) is 0. The van der Waals surface area contributed by atoms with E-state index >= 15 is 0 Å². The fraction of sp³-hybridized carbons (Fsp3) is 0.368. The largest absolute Gasteiger partial charge is 0.507 e. The molecule has 0 saturated heterocycles. The Kier molecular flexibility index (Phi) is 4.26. The number of nitriles is 1. The van der Waals surface area contributed by atoms with Gasteiger partial charge in [0.25, 0.3) is 0 Å². The molecule has 1 amide bonds. The number of ether oxygens (including phenoxy) is 1. The minimum Gasteiger partial charge on any atom is -0.507 e. The third kappa shape index (κ3) is 3.10. The molecule has 0 aromatic heterocycles. The molecule has 1 aliphatic rings. The van der Waals surface area contributed by atoms with Crippen molar-refractivity contribution in [3.05, 3.63) is 35.4 Å². The molecule has 0 unspecified atom stereocenters. The normalized spacial score (nSPS) is 16.6. The molecule has 130 valence electrons. The summed E-state index contributed by atoms with van der Waals surface area (Å²) in [6.45, 7) is 5.79. The molecule has 0 fully saturated rings. The predicted molar refractivity (Wildman–Crippen MR) is 97.4 cm³/mol. The quantitative estimate of drug-likeness (QED) is 0.762. The highest BCUT2D eigenvalue weighted by Crippen LogP contribution is 2.45. The van der Waals surface area contributed by atoms with Crippen LogP contribution in [0, 0.1) is 11.3 Å². The van der Waals surface area contributed by atoms with Crippen molar-refractivity contribution in [3.8, 4) is 11.8 Å². The van der Waals surface area contributed by atoms with Gasteiger partial charge in [-0.1, -0.05) is 0 Å². The summed E-state index contributed by atoms with van der Waals surface area (Å²) < 4.78 is 5.48. The molecule has 2 aromatic rings. The Hall–Kier alpha value is -2.45. The van der Waals surface area contributed by atoms with E-state index in [1.807, 2.05) is 0 Å². The first-order valence-electron chi connectivity index (χ1n) is 8.01. The van der Waals surface area contributed by atoms with Crippen LogP contribution in [0.2, 0.25) is 0 Å². The van der Waals surface area contributed by atoms with Crippen molar-refractivity contribution in [2.75, 3.05) is 17.3 Å². The number of hydrogen-bond donors (Lipinski definition) is 1. The number of phenolic OH excluding ortho intramolecular Hbond substituents is 1. The Bertz CT molecular complexity index is 896. The highest BCUT2D eigenvalue weighted by molar-refractivity contribution is 6.19. The van der Waals surface area contributed by atoms with E-state index in [9.17, 15) is 15.2 Å². The van der Waals surface area contributed by atoms with Crippen molar-refractivity contribution in [2.45, 2.75) is 32.3 Å². The molecule has 0 radical (unpaired) electrons. The molecule has 5 nitrogen and oxygen atoms in total. The summed E-state index contributed by atoms with van der Waals surface area (Å²) in [5, 5.41) is 21.0. The van der Waals surface area contributed by atoms with Crippen molar-refractivity contribution in [2.24, 2.45) is 0 Å². The monoisotopic (exact) mass is 358 g/mol. The zero-order valence-electron chi connectivity index (χ0n) is 14.3. The third-order valence-corrected chi connectivity index (χ3v) is 4.54. The van der Waals surface area contributed by atoms with E-state index in [1.54, 1.807) is 45.0 Å². The summed E-state index contributed by atoms with van der Waals surface area (Å²) >= 11 is 6.15. The van der Waals surface area contributed by atoms with Gasteiger partial charge in [0.15, 0.2) is 0 Å². The van der Waals surface area contributed by atoms with Gasteiger partial charge in [-0.3, -0.25) is 4.90 Å². The van der Waals surface area contributed by atoms with Gasteiger partial charge in [0, 0.05) is 29.8 Å². The lowest BCUT2D eigenvalue weighted by Crippen LogP contribution is -2.36. The molecule has 6 heteroatoms. The van der Waals surface area contributed by atoms with Gasteiger partial charge in [0.05, 0.1) is 17.3 Å². The highest BCUT2D eigenvalue weighted by Gasteiger charge is 2.36. The van der Waals surface area contributed by atoms with Gasteiger partial charge in [-0.2, -0.15) is 5.26 Å². The Morgan fingerprint density at radius 3 is 2.72 bits per heavy atom. The van der Waals surface area contributed by atoms with Crippen molar-refractivity contribution in [3.63, 3.8) is 0 Å². The number of aromatic hydroxyl groups is 1. The van der Waals surface area contributed by atoms with Crippen molar-refractivity contribution in [1.82, 2.24) is 0 Å². The maximum absolute atomic E-state index is 12.6. The molecule has 3 rings (SSSR count). The van der Waals surface area contributed by atoms with E-state index in [4.69, 9.17) is 16.3 Å². The maximum atomic E-state index is 12.6. The fourth-order valence-corrected chi connectivity index (χ4v) is 3.41. The number of amides is 1. The van der Waals surface area contributed by atoms with E-state index in [0.29, 0.717) is 29.1 Å². The van der Waals surface area contributed by atoms with E-state index in [1.165, 1.54) is 4.90 Å². The summed E-state index contributed by atoms with van der Waals surface area (Å²) in [5.41, 5.74) is 1.32. The first-order valence-corrected chi connectivity index (χ1v) is 8.55. The number of alkyl halides is 1. The van der Waals surface area contributed by atoms with Crippen LogP contribution in [0.1, 0.15) is 37.8 Å². The minimum absolute atomic E-state index is 0.0574.